The molecule has 2 N–H and O–H groups in total. The van der Waals surface area contributed by atoms with Crippen molar-refractivity contribution in [2.75, 3.05) is 6.54 Å². The topological polar surface area (TPSA) is 79.3 Å². The molecule has 0 bridgehead atoms. The van der Waals surface area contributed by atoms with E-state index >= 15 is 0 Å². The smallest absolute Gasteiger partial charge is 0.231 e. The second kappa shape index (κ2) is 8.49. The summed E-state index contributed by atoms with van der Waals surface area (Å²) in [6, 6.07) is 5.63. The van der Waals surface area contributed by atoms with Crippen molar-refractivity contribution >= 4 is 50.2 Å². The molecule has 1 unspecified atom stereocenters. The third kappa shape index (κ3) is 4.39. The average Bonchev–Trinajstić information content (AvgIpc) is 3.10. The quantitative estimate of drug-likeness (QED) is 0.256. The fourth-order valence-corrected chi connectivity index (χ4v) is 3.97. The van der Waals surface area contributed by atoms with E-state index in [1.165, 1.54) is 17.4 Å². The van der Waals surface area contributed by atoms with Gasteiger partial charge in [-0.05, 0) is 42.7 Å². The number of halogens is 3. The number of fused-ring (bicyclic) bond motifs is 1. The summed E-state index contributed by atoms with van der Waals surface area (Å²) in [6.45, 7) is 0.170. The summed E-state index contributed by atoms with van der Waals surface area (Å²) in [5, 5.41) is -0.159. The molecule has 3 rings (SSSR count). The molecule has 0 radical (unpaired) electrons. The summed E-state index contributed by atoms with van der Waals surface area (Å²) >= 11 is 5.37. The number of carbonyl (C=O) groups is 1. The van der Waals surface area contributed by atoms with Crippen molar-refractivity contribution in [1.29, 1.82) is 0 Å². The molecule has 3 aromatic rings. The minimum Gasteiger partial charge on any atom is -0.294 e. The van der Waals surface area contributed by atoms with Gasteiger partial charge in [0.2, 0.25) is 11.3 Å². The van der Waals surface area contributed by atoms with Crippen molar-refractivity contribution in [2.24, 2.45) is 0 Å². The first-order valence-electron chi connectivity index (χ1n) is 7.77. The standard InChI is InChI=1S/C17H13ClF2N2O3S2/c18-15-9(2-1-5-22-27(24)25)6-11(19)16(20)14(15)17(23)10-3-4-12-13(7-10)26-8-21-12/h3-4,6-8,22H,1-2,5H2,(H,24,25). The van der Waals surface area contributed by atoms with Gasteiger partial charge in [-0.3, -0.25) is 9.35 Å². The molecule has 1 atom stereocenters. The van der Waals surface area contributed by atoms with Crippen LogP contribution in [0.4, 0.5) is 8.78 Å². The Hall–Kier alpha value is -1.78. The Labute approximate surface area is 164 Å². The van der Waals surface area contributed by atoms with Crippen LogP contribution in [0.15, 0.2) is 29.8 Å². The summed E-state index contributed by atoms with van der Waals surface area (Å²) < 4.78 is 50.7. The molecule has 1 aromatic heterocycles. The van der Waals surface area contributed by atoms with E-state index in [1.54, 1.807) is 17.6 Å². The van der Waals surface area contributed by atoms with Crippen LogP contribution in [0, 0.1) is 11.6 Å². The number of nitrogens with one attached hydrogen (secondary N) is 1. The van der Waals surface area contributed by atoms with Crippen LogP contribution in [0.1, 0.15) is 27.9 Å². The second-order valence-corrected chi connectivity index (χ2v) is 7.68. The van der Waals surface area contributed by atoms with Crippen LogP contribution in [0.25, 0.3) is 10.2 Å². The lowest BCUT2D eigenvalue weighted by Crippen LogP contribution is -2.18. The number of nitrogens with zero attached hydrogens (tertiary/aromatic N) is 1. The number of hydrogen-bond donors (Lipinski definition) is 2. The Morgan fingerprint density at radius 1 is 1.33 bits per heavy atom. The third-order valence-electron chi connectivity index (χ3n) is 3.90. The molecule has 2 aromatic carbocycles. The lowest BCUT2D eigenvalue weighted by Gasteiger charge is -2.11. The SMILES string of the molecule is O=C(c1ccc2ncsc2c1)c1c(F)c(F)cc(CCCNS(=O)O)c1Cl. The largest absolute Gasteiger partial charge is 0.294 e. The number of ketones is 1. The first-order valence-corrected chi connectivity index (χ1v) is 10.1. The highest BCUT2D eigenvalue weighted by Crippen LogP contribution is 2.30. The van der Waals surface area contributed by atoms with Crippen LogP contribution in [-0.2, 0) is 17.7 Å². The van der Waals surface area contributed by atoms with E-state index in [4.69, 9.17) is 16.2 Å². The van der Waals surface area contributed by atoms with Gasteiger partial charge in [0.05, 0.1) is 26.3 Å². The number of rotatable bonds is 7. The molecule has 0 spiro atoms. The van der Waals surface area contributed by atoms with Crippen LogP contribution in [0.2, 0.25) is 5.02 Å². The Morgan fingerprint density at radius 2 is 2.11 bits per heavy atom. The number of aryl methyl sites for hydroxylation is 1. The molecule has 0 saturated carbocycles. The average molecular weight is 431 g/mol. The second-order valence-electron chi connectivity index (χ2n) is 5.63. The van der Waals surface area contributed by atoms with Crippen molar-refractivity contribution in [3.63, 3.8) is 0 Å². The molecule has 0 amide bonds. The van der Waals surface area contributed by atoms with E-state index < -0.39 is 34.2 Å². The highest BCUT2D eigenvalue weighted by Gasteiger charge is 2.24. The van der Waals surface area contributed by atoms with Crippen molar-refractivity contribution < 1.29 is 22.3 Å². The monoisotopic (exact) mass is 430 g/mol. The van der Waals surface area contributed by atoms with E-state index in [2.05, 4.69) is 9.71 Å². The van der Waals surface area contributed by atoms with Crippen LogP contribution in [-0.4, -0.2) is 26.1 Å². The van der Waals surface area contributed by atoms with Gasteiger partial charge >= 0.3 is 0 Å². The molecular weight excluding hydrogens is 418 g/mol. The van der Waals surface area contributed by atoms with Gasteiger partial charge in [-0.2, -0.15) is 0 Å². The van der Waals surface area contributed by atoms with Gasteiger partial charge in [-0.1, -0.05) is 11.6 Å². The number of carbonyl (C=O) groups excluding carboxylic acids is 1. The molecule has 1 heterocycles. The molecular formula is C17H13ClF2N2O3S2. The highest BCUT2D eigenvalue weighted by molar-refractivity contribution is 7.77. The number of benzene rings is 2. The Morgan fingerprint density at radius 3 is 2.85 bits per heavy atom. The zero-order valence-corrected chi connectivity index (χ0v) is 16.1. The maximum atomic E-state index is 14.4. The highest BCUT2D eigenvalue weighted by atomic mass is 35.5. The predicted octanol–water partition coefficient (Wildman–Crippen LogP) is 4.12. The Kier molecular flexibility index (Phi) is 6.28. The van der Waals surface area contributed by atoms with Crippen molar-refractivity contribution in [2.45, 2.75) is 12.8 Å². The molecule has 0 aliphatic carbocycles. The predicted molar refractivity (Wildman–Crippen MR) is 102 cm³/mol. The van der Waals surface area contributed by atoms with Crippen LogP contribution >= 0.6 is 22.9 Å². The van der Waals surface area contributed by atoms with Crippen LogP contribution in [0.3, 0.4) is 0 Å². The van der Waals surface area contributed by atoms with E-state index in [-0.39, 0.29) is 29.1 Å². The fraction of sp³-hybridized carbons (Fsp3) is 0.176. The van der Waals surface area contributed by atoms with Gasteiger partial charge in [0.25, 0.3) is 0 Å². The van der Waals surface area contributed by atoms with Gasteiger partial charge in [0.1, 0.15) is 0 Å². The Bertz CT molecular complexity index is 1040. The van der Waals surface area contributed by atoms with E-state index in [0.29, 0.717) is 11.9 Å². The van der Waals surface area contributed by atoms with E-state index in [1.807, 2.05) is 0 Å². The van der Waals surface area contributed by atoms with Crippen LogP contribution in [0.5, 0.6) is 0 Å². The van der Waals surface area contributed by atoms with Gasteiger partial charge in [-0.25, -0.2) is 22.7 Å². The zero-order valence-electron chi connectivity index (χ0n) is 13.7. The van der Waals surface area contributed by atoms with Gasteiger partial charge in [0.15, 0.2) is 17.4 Å². The van der Waals surface area contributed by atoms with Gasteiger partial charge in [0, 0.05) is 12.1 Å². The normalized spacial score (nSPS) is 12.4. The molecule has 0 aliphatic heterocycles. The summed E-state index contributed by atoms with van der Waals surface area (Å²) in [4.78, 5) is 16.9. The molecule has 0 saturated heterocycles. The van der Waals surface area contributed by atoms with Crippen molar-refractivity contribution in [3.05, 3.63) is 63.1 Å². The maximum Gasteiger partial charge on any atom is 0.231 e. The first-order chi connectivity index (χ1) is 12.9. The van der Waals surface area contributed by atoms with Crippen molar-refractivity contribution in [3.8, 4) is 0 Å². The molecule has 10 heteroatoms. The van der Waals surface area contributed by atoms with E-state index in [9.17, 15) is 17.8 Å². The summed E-state index contributed by atoms with van der Waals surface area (Å²) in [5.41, 5.74) is 2.25. The third-order valence-corrected chi connectivity index (χ3v) is 5.58. The molecule has 142 valence electrons. The zero-order chi connectivity index (χ0) is 19.6. The first kappa shape index (κ1) is 20.0. The minimum absolute atomic E-state index is 0.159. The lowest BCUT2D eigenvalue weighted by atomic mass is 9.98. The molecule has 0 fully saturated rings. The summed E-state index contributed by atoms with van der Waals surface area (Å²) in [6.07, 6.45) is 0.548. The molecule has 0 aliphatic rings. The lowest BCUT2D eigenvalue weighted by molar-refractivity contribution is 0.103. The number of thiazole rings is 1. The summed E-state index contributed by atoms with van der Waals surface area (Å²) in [7, 11) is 0. The summed E-state index contributed by atoms with van der Waals surface area (Å²) in [5.74, 6) is -3.19. The number of hydrogen-bond acceptors (Lipinski definition) is 4. The Balaban J connectivity index is 1.93. The maximum absolute atomic E-state index is 14.4. The molecule has 5 nitrogen and oxygen atoms in total. The number of aromatic nitrogens is 1. The van der Waals surface area contributed by atoms with Gasteiger partial charge < -0.3 is 0 Å². The minimum atomic E-state index is -2.16. The van der Waals surface area contributed by atoms with Gasteiger partial charge in [-0.15, -0.1) is 11.3 Å². The van der Waals surface area contributed by atoms with Crippen LogP contribution < -0.4 is 4.72 Å². The van der Waals surface area contributed by atoms with Crippen molar-refractivity contribution in [1.82, 2.24) is 9.71 Å². The molecule has 27 heavy (non-hydrogen) atoms. The fourth-order valence-electron chi connectivity index (χ4n) is 2.62. The van der Waals surface area contributed by atoms with E-state index in [0.717, 1.165) is 10.8 Å².